The lowest BCUT2D eigenvalue weighted by Gasteiger charge is -2.03. The zero-order valence-electron chi connectivity index (χ0n) is 8.06. The molecular weight excluding hydrogens is 182 g/mol. The lowest BCUT2D eigenvalue weighted by atomic mass is 10.2. The third-order valence-corrected chi connectivity index (χ3v) is 1.67. The molecule has 0 fully saturated rings. The van der Waals surface area contributed by atoms with E-state index in [1.165, 1.54) is 0 Å². The minimum Gasteiger partial charge on any atom is -0.480 e. The van der Waals surface area contributed by atoms with E-state index < -0.39 is 5.97 Å². The summed E-state index contributed by atoms with van der Waals surface area (Å²) < 4.78 is 4.94. The molecule has 0 amide bonds. The standard InChI is InChI=1S/C10H13NO3/c1-2-3-8-4-5-9(6-11-8)14-7-10(12)13/h4-6H,2-3,7H2,1H3,(H,12,13). The highest BCUT2D eigenvalue weighted by Gasteiger charge is 1.99. The van der Waals surface area contributed by atoms with Gasteiger partial charge in [-0.1, -0.05) is 13.3 Å². The van der Waals surface area contributed by atoms with E-state index >= 15 is 0 Å². The van der Waals surface area contributed by atoms with Crippen LogP contribution >= 0.6 is 0 Å². The smallest absolute Gasteiger partial charge is 0.341 e. The van der Waals surface area contributed by atoms with E-state index in [1.54, 1.807) is 12.3 Å². The summed E-state index contributed by atoms with van der Waals surface area (Å²) in [5, 5.41) is 8.37. The van der Waals surface area contributed by atoms with E-state index in [2.05, 4.69) is 11.9 Å². The molecule has 14 heavy (non-hydrogen) atoms. The zero-order chi connectivity index (χ0) is 10.4. The van der Waals surface area contributed by atoms with E-state index in [4.69, 9.17) is 9.84 Å². The van der Waals surface area contributed by atoms with Crippen LogP contribution in [0.15, 0.2) is 18.3 Å². The van der Waals surface area contributed by atoms with Crippen LogP contribution in [0.1, 0.15) is 19.0 Å². The maximum atomic E-state index is 10.2. The molecule has 0 bridgehead atoms. The molecule has 1 rings (SSSR count). The normalized spacial score (nSPS) is 9.79. The second-order valence-corrected chi connectivity index (χ2v) is 2.92. The number of aliphatic carboxylic acids is 1. The van der Waals surface area contributed by atoms with Crippen LogP contribution in [0.2, 0.25) is 0 Å². The summed E-state index contributed by atoms with van der Waals surface area (Å²) in [4.78, 5) is 14.3. The van der Waals surface area contributed by atoms with Crippen molar-refractivity contribution in [2.75, 3.05) is 6.61 Å². The van der Waals surface area contributed by atoms with Crippen molar-refractivity contribution in [1.82, 2.24) is 4.98 Å². The van der Waals surface area contributed by atoms with Crippen molar-refractivity contribution in [3.63, 3.8) is 0 Å². The Morgan fingerprint density at radius 1 is 1.57 bits per heavy atom. The molecule has 1 heterocycles. The Labute approximate surface area is 82.5 Å². The lowest BCUT2D eigenvalue weighted by molar-refractivity contribution is -0.139. The molecule has 0 radical (unpaired) electrons. The fraction of sp³-hybridized carbons (Fsp3) is 0.400. The molecule has 4 heteroatoms. The minimum absolute atomic E-state index is 0.325. The van der Waals surface area contributed by atoms with Crippen molar-refractivity contribution < 1.29 is 14.6 Å². The fourth-order valence-corrected chi connectivity index (χ4v) is 1.05. The number of nitrogens with zero attached hydrogens (tertiary/aromatic N) is 1. The monoisotopic (exact) mass is 195 g/mol. The summed E-state index contributed by atoms with van der Waals surface area (Å²) in [6.07, 6.45) is 3.52. The number of hydrogen-bond donors (Lipinski definition) is 1. The molecule has 0 aliphatic heterocycles. The van der Waals surface area contributed by atoms with Gasteiger partial charge in [0.05, 0.1) is 6.20 Å². The number of carbonyl (C=O) groups is 1. The summed E-state index contributed by atoms with van der Waals surface area (Å²) in [6, 6.07) is 3.58. The van der Waals surface area contributed by atoms with Gasteiger partial charge in [0.1, 0.15) is 5.75 Å². The molecule has 0 saturated carbocycles. The van der Waals surface area contributed by atoms with Crippen molar-refractivity contribution in [1.29, 1.82) is 0 Å². The number of rotatable bonds is 5. The molecule has 0 atom stereocenters. The second-order valence-electron chi connectivity index (χ2n) is 2.92. The van der Waals surface area contributed by atoms with E-state index in [-0.39, 0.29) is 6.61 Å². The summed E-state index contributed by atoms with van der Waals surface area (Å²) in [6.45, 7) is 1.76. The van der Waals surface area contributed by atoms with Crippen molar-refractivity contribution >= 4 is 5.97 Å². The predicted molar refractivity (Wildman–Crippen MR) is 51.4 cm³/mol. The van der Waals surface area contributed by atoms with Crippen molar-refractivity contribution in [3.8, 4) is 5.75 Å². The van der Waals surface area contributed by atoms with Crippen molar-refractivity contribution in [2.24, 2.45) is 0 Å². The third kappa shape index (κ3) is 3.43. The van der Waals surface area contributed by atoms with Crippen LogP contribution in [-0.2, 0) is 11.2 Å². The molecular formula is C10H13NO3. The number of carboxylic acid groups (broad SMARTS) is 1. The summed E-state index contributed by atoms with van der Waals surface area (Å²) in [7, 11) is 0. The molecule has 4 nitrogen and oxygen atoms in total. The van der Waals surface area contributed by atoms with Gasteiger partial charge in [0.2, 0.25) is 0 Å². The van der Waals surface area contributed by atoms with Crippen LogP contribution in [0.3, 0.4) is 0 Å². The van der Waals surface area contributed by atoms with Gasteiger partial charge < -0.3 is 9.84 Å². The quantitative estimate of drug-likeness (QED) is 0.773. The number of ether oxygens (including phenoxy) is 1. The van der Waals surface area contributed by atoms with Crippen LogP contribution < -0.4 is 4.74 Å². The molecule has 0 aliphatic rings. The largest absolute Gasteiger partial charge is 0.480 e. The molecule has 0 aromatic carbocycles. The van der Waals surface area contributed by atoms with Crippen molar-refractivity contribution in [3.05, 3.63) is 24.0 Å². The Morgan fingerprint density at radius 2 is 2.36 bits per heavy atom. The maximum absolute atomic E-state index is 10.2. The predicted octanol–water partition coefficient (Wildman–Crippen LogP) is 1.50. The SMILES string of the molecule is CCCc1ccc(OCC(=O)O)cn1. The first-order valence-electron chi connectivity index (χ1n) is 4.52. The Balaban J connectivity index is 2.50. The summed E-state index contributed by atoms with van der Waals surface area (Å²) in [5.41, 5.74) is 0.996. The Bertz CT molecular complexity index is 295. The van der Waals surface area contributed by atoms with Gasteiger partial charge in [-0.25, -0.2) is 4.79 Å². The summed E-state index contributed by atoms with van der Waals surface area (Å²) in [5.74, 6) is -0.491. The van der Waals surface area contributed by atoms with E-state index in [0.717, 1.165) is 18.5 Å². The number of aryl methyl sites for hydroxylation is 1. The Kier molecular flexibility index (Phi) is 3.91. The van der Waals surface area contributed by atoms with Gasteiger partial charge in [0.25, 0.3) is 0 Å². The van der Waals surface area contributed by atoms with Gasteiger partial charge >= 0.3 is 5.97 Å². The lowest BCUT2D eigenvalue weighted by Crippen LogP contribution is -2.09. The molecule has 1 aromatic rings. The van der Waals surface area contributed by atoms with Crippen LogP contribution in [0.5, 0.6) is 5.75 Å². The molecule has 0 spiro atoms. The number of hydrogen-bond acceptors (Lipinski definition) is 3. The first-order valence-corrected chi connectivity index (χ1v) is 4.52. The van der Waals surface area contributed by atoms with Gasteiger partial charge in [-0.3, -0.25) is 4.98 Å². The first kappa shape index (κ1) is 10.5. The van der Waals surface area contributed by atoms with E-state index in [1.807, 2.05) is 6.07 Å². The molecule has 0 aliphatic carbocycles. The minimum atomic E-state index is -0.984. The average molecular weight is 195 g/mol. The highest BCUT2D eigenvalue weighted by atomic mass is 16.5. The van der Waals surface area contributed by atoms with Crippen LogP contribution in [0, 0.1) is 0 Å². The molecule has 0 unspecified atom stereocenters. The first-order chi connectivity index (χ1) is 6.72. The fourth-order valence-electron chi connectivity index (χ4n) is 1.05. The molecule has 76 valence electrons. The number of carboxylic acids is 1. The van der Waals surface area contributed by atoms with Gasteiger partial charge in [0, 0.05) is 5.69 Å². The van der Waals surface area contributed by atoms with Crippen LogP contribution in [-0.4, -0.2) is 22.7 Å². The highest BCUT2D eigenvalue weighted by molar-refractivity contribution is 5.68. The van der Waals surface area contributed by atoms with Gasteiger partial charge in [0.15, 0.2) is 6.61 Å². The molecule has 0 saturated heterocycles. The van der Waals surface area contributed by atoms with Crippen LogP contribution in [0.4, 0.5) is 0 Å². The Hall–Kier alpha value is -1.58. The zero-order valence-corrected chi connectivity index (χ0v) is 8.06. The third-order valence-electron chi connectivity index (χ3n) is 1.67. The van der Waals surface area contributed by atoms with Crippen molar-refractivity contribution in [2.45, 2.75) is 19.8 Å². The Morgan fingerprint density at radius 3 is 2.86 bits per heavy atom. The second kappa shape index (κ2) is 5.21. The van der Waals surface area contributed by atoms with Gasteiger partial charge in [-0.15, -0.1) is 0 Å². The van der Waals surface area contributed by atoms with E-state index in [9.17, 15) is 4.79 Å². The topological polar surface area (TPSA) is 59.4 Å². The molecule has 1 aromatic heterocycles. The summed E-state index contributed by atoms with van der Waals surface area (Å²) >= 11 is 0. The van der Waals surface area contributed by atoms with Crippen LogP contribution in [0.25, 0.3) is 0 Å². The van der Waals surface area contributed by atoms with Gasteiger partial charge in [-0.05, 0) is 18.6 Å². The number of aromatic nitrogens is 1. The number of pyridine rings is 1. The van der Waals surface area contributed by atoms with Gasteiger partial charge in [-0.2, -0.15) is 0 Å². The van der Waals surface area contributed by atoms with E-state index in [0.29, 0.717) is 5.75 Å². The molecule has 1 N–H and O–H groups in total. The highest BCUT2D eigenvalue weighted by Crippen LogP contribution is 2.09. The maximum Gasteiger partial charge on any atom is 0.341 e. The average Bonchev–Trinajstić information content (AvgIpc) is 2.17.